The summed E-state index contributed by atoms with van der Waals surface area (Å²) in [6.45, 7) is 4.63. The maximum absolute atomic E-state index is 12.2. The highest BCUT2D eigenvalue weighted by Gasteiger charge is 2.11. The molecule has 1 amide bonds. The summed E-state index contributed by atoms with van der Waals surface area (Å²) in [6, 6.07) is 12.0. The molecule has 0 radical (unpaired) electrons. The Balaban J connectivity index is 1.56. The van der Waals surface area contributed by atoms with E-state index in [1.165, 1.54) is 11.8 Å². The van der Waals surface area contributed by atoms with E-state index in [4.69, 9.17) is 23.8 Å². The molecule has 0 saturated carbocycles. The Bertz CT molecular complexity index is 1010. The Morgan fingerprint density at radius 1 is 1.33 bits per heavy atom. The molecule has 0 aliphatic carbocycles. The molecule has 0 fully saturated rings. The van der Waals surface area contributed by atoms with Crippen molar-refractivity contribution in [3.8, 4) is 0 Å². The van der Waals surface area contributed by atoms with Crippen LogP contribution in [0.25, 0.3) is 10.8 Å². The van der Waals surface area contributed by atoms with E-state index >= 15 is 0 Å². The van der Waals surface area contributed by atoms with Crippen molar-refractivity contribution in [2.24, 2.45) is 0 Å². The van der Waals surface area contributed by atoms with E-state index < -0.39 is 0 Å². The van der Waals surface area contributed by atoms with E-state index in [1.807, 2.05) is 41.0 Å². The molecule has 3 aromatic rings. The first-order chi connectivity index (χ1) is 13.0. The van der Waals surface area contributed by atoms with Gasteiger partial charge in [0, 0.05) is 34.3 Å². The van der Waals surface area contributed by atoms with E-state index in [9.17, 15) is 4.79 Å². The molecule has 2 aromatic carbocycles. The van der Waals surface area contributed by atoms with Gasteiger partial charge in [-0.15, -0.1) is 11.8 Å². The number of carbonyl (C=O) groups excluding carboxylic acids is 1. The molecule has 8 heteroatoms. The Morgan fingerprint density at radius 3 is 2.81 bits per heavy atom. The highest BCUT2D eigenvalue weighted by Crippen LogP contribution is 2.33. The monoisotopic (exact) mass is 420 g/mol. The molecular weight excluding hydrogens is 400 g/mol. The molecule has 3 rings (SSSR count). The van der Waals surface area contributed by atoms with Crippen LogP contribution in [-0.2, 0) is 11.2 Å². The highest BCUT2D eigenvalue weighted by atomic mass is 35.5. The molecule has 27 heavy (non-hydrogen) atoms. The van der Waals surface area contributed by atoms with Gasteiger partial charge in [-0.25, -0.2) is 0 Å². The zero-order valence-electron chi connectivity index (χ0n) is 15.2. The number of nitrogens with zero attached hydrogens (tertiary/aromatic N) is 2. The average Bonchev–Trinajstić information content (AvgIpc) is 3.01. The lowest BCUT2D eigenvalue weighted by Gasteiger charge is -2.11. The number of hydrogen-bond donors (Lipinski definition) is 2. The summed E-state index contributed by atoms with van der Waals surface area (Å²) in [5, 5.41) is 12.8. The molecule has 1 aromatic heterocycles. The highest BCUT2D eigenvalue weighted by molar-refractivity contribution is 8.00. The number of rotatable bonds is 7. The van der Waals surface area contributed by atoms with Crippen LogP contribution in [0.5, 0.6) is 0 Å². The summed E-state index contributed by atoms with van der Waals surface area (Å²) >= 11 is 13.1. The van der Waals surface area contributed by atoms with Crippen LogP contribution in [0.3, 0.4) is 0 Å². The van der Waals surface area contributed by atoms with Crippen LogP contribution in [0.1, 0.15) is 25.7 Å². The number of nitrogens with one attached hydrogen (secondary N) is 2. The minimum absolute atomic E-state index is 0.0192. The third-order valence-electron chi connectivity index (χ3n) is 4.14. The van der Waals surface area contributed by atoms with Crippen molar-refractivity contribution in [3.05, 3.63) is 52.0 Å². The molecule has 5 nitrogen and oxygen atoms in total. The van der Waals surface area contributed by atoms with Crippen molar-refractivity contribution in [3.63, 3.8) is 0 Å². The fourth-order valence-corrected chi connectivity index (χ4v) is 4.57. The lowest BCUT2D eigenvalue weighted by Crippen LogP contribution is -2.28. The smallest absolute Gasteiger partial charge is 0.230 e. The first-order valence-electron chi connectivity index (χ1n) is 8.70. The minimum atomic E-state index is -0.0192. The van der Waals surface area contributed by atoms with Crippen LogP contribution < -0.4 is 5.32 Å². The first kappa shape index (κ1) is 19.9. The van der Waals surface area contributed by atoms with Crippen LogP contribution >= 0.6 is 35.6 Å². The van der Waals surface area contributed by atoms with Crippen molar-refractivity contribution >= 4 is 52.3 Å². The molecule has 142 valence electrons. The predicted octanol–water partition coefficient (Wildman–Crippen LogP) is 4.78. The van der Waals surface area contributed by atoms with Crippen molar-refractivity contribution in [2.75, 3.05) is 12.3 Å². The SMILES string of the molecule is CC(C)n1c(CCNC(=O)CSc2cccc3cccc(Cl)c23)n[nH]c1=S. The van der Waals surface area contributed by atoms with Gasteiger partial charge in [0.1, 0.15) is 5.82 Å². The number of aromatic nitrogens is 3. The predicted molar refractivity (Wildman–Crippen MR) is 114 cm³/mol. The number of halogens is 1. The van der Waals surface area contributed by atoms with E-state index in [0.29, 0.717) is 28.5 Å². The number of benzene rings is 2. The largest absolute Gasteiger partial charge is 0.355 e. The maximum Gasteiger partial charge on any atom is 0.230 e. The van der Waals surface area contributed by atoms with Gasteiger partial charge < -0.3 is 9.88 Å². The lowest BCUT2D eigenvalue weighted by atomic mass is 10.1. The topological polar surface area (TPSA) is 62.7 Å². The number of thioether (sulfide) groups is 1. The number of carbonyl (C=O) groups is 1. The average molecular weight is 421 g/mol. The van der Waals surface area contributed by atoms with Crippen molar-refractivity contribution in [1.82, 2.24) is 20.1 Å². The quantitative estimate of drug-likeness (QED) is 0.426. The summed E-state index contributed by atoms with van der Waals surface area (Å²) in [4.78, 5) is 13.2. The van der Waals surface area contributed by atoms with Gasteiger partial charge in [0.25, 0.3) is 0 Å². The van der Waals surface area contributed by atoms with Crippen LogP contribution in [0, 0.1) is 4.77 Å². The van der Waals surface area contributed by atoms with Gasteiger partial charge in [-0.3, -0.25) is 9.89 Å². The Kier molecular flexibility index (Phi) is 6.57. The Hall–Kier alpha value is -1.83. The van der Waals surface area contributed by atoms with Crippen molar-refractivity contribution in [2.45, 2.75) is 31.2 Å². The van der Waals surface area contributed by atoms with Crippen molar-refractivity contribution < 1.29 is 4.79 Å². The third-order valence-corrected chi connectivity index (χ3v) is 5.80. The number of hydrogen-bond acceptors (Lipinski definition) is 4. The Morgan fingerprint density at radius 2 is 2.07 bits per heavy atom. The summed E-state index contributed by atoms with van der Waals surface area (Å²) in [5.41, 5.74) is 0. The van der Waals surface area contributed by atoms with Gasteiger partial charge >= 0.3 is 0 Å². The second kappa shape index (κ2) is 8.91. The summed E-state index contributed by atoms with van der Waals surface area (Å²) in [7, 11) is 0. The maximum atomic E-state index is 12.2. The van der Waals surface area contributed by atoms with Crippen LogP contribution in [0.4, 0.5) is 0 Å². The fraction of sp³-hybridized carbons (Fsp3) is 0.316. The molecule has 0 bridgehead atoms. The van der Waals surface area contributed by atoms with Crippen LogP contribution in [-0.4, -0.2) is 33.0 Å². The molecule has 0 unspecified atom stereocenters. The lowest BCUT2D eigenvalue weighted by molar-refractivity contribution is -0.118. The number of fused-ring (bicyclic) bond motifs is 1. The molecule has 0 aliphatic rings. The number of H-pyrrole nitrogens is 1. The summed E-state index contributed by atoms with van der Waals surface area (Å²) in [6.07, 6.45) is 0.627. The molecule has 0 saturated heterocycles. The summed E-state index contributed by atoms with van der Waals surface area (Å²) < 4.78 is 2.57. The third kappa shape index (κ3) is 4.72. The molecule has 2 N–H and O–H groups in total. The summed E-state index contributed by atoms with van der Waals surface area (Å²) in [5.74, 6) is 1.17. The van der Waals surface area contributed by atoms with Gasteiger partial charge in [0.05, 0.1) is 5.75 Å². The minimum Gasteiger partial charge on any atom is -0.355 e. The zero-order chi connectivity index (χ0) is 19.4. The molecule has 0 atom stereocenters. The van der Waals surface area contributed by atoms with Gasteiger partial charge in [-0.05, 0) is 43.6 Å². The number of aromatic amines is 1. The van der Waals surface area contributed by atoms with E-state index in [0.717, 1.165) is 21.5 Å². The van der Waals surface area contributed by atoms with E-state index in [2.05, 4.69) is 29.4 Å². The fourth-order valence-electron chi connectivity index (χ4n) is 2.94. The molecular formula is C19H21ClN4OS2. The van der Waals surface area contributed by atoms with E-state index in [1.54, 1.807) is 0 Å². The second-order valence-corrected chi connectivity index (χ2v) is 8.20. The van der Waals surface area contributed by atoms with Gasteiger partial charge in [0.2, 0.25) is 5.91 Å². The van der Waals surface area contributed by atoms with E-state index in [-0.39, 0.29) is 11.9 Å². The van der Waals surface area contributed by atoms with Gasteiger partial charge in [-0.2, -0.15) is 5.10 Å². The Labute approximate surface area is 172 Å². The van der Waals surface area contributed by atoms with Crippen molar-refractivity contribution in [1.29, 1.82) is 0 Å². The molecule has 0 spiro atoms. The van der Waals surface area contributed by atoms with Gasteiger partial charge in [0.15, 0.2) is 4.77 Å². The van der Waals surface area contributed by atoms with Crippen LogP contribution in [0.2, 0.25) is 5.02 Å². The van der Waals surface area contributed by atoms with Gasteiger partial charge in [-0.1, -0.05) is 35.9 Å². The standard InChI is InChI=1S/C19H21ClN4OS2/c1-12(2)24-16(22-23-19(24)26)9-10-21-17(25)11-27-15-8-4-6-13-5-3-7-14(20)18(13)15/h3-8,12H,9-11H2,1-2H3,(H,21,25)(H,23,26). The molecule has 0 aliphatic heterocycles. The normalized spacial score (nSPS) is 11.3. The zero-order valence-corrected chi connectivity index (χ0v) is 17.5. The second-order valence-electron chi connectivity index (χ2n) is 6.39. The number of amides is 1. The molecule has 1 heterocycles. The van der Waals surface area contributed by atoms with Crippen LogP contribution in [0.15, 0.2) is 41.3 Å². The first-order valence-corrected chi connectivity index (χ1v) is 10.5.